The summed E-state index contributed by atoms with van der Waals surface area (Å²) in [5.74, 6) is -4.09. The van der Waals surface area contributed by atoms with Crippen molar-refractivity contribution in [1.82, 2.24) is 15.1 Å². The molecule has 0 unspecified atom stereocenters. The minimum Gasteiger partial charge on any atom is -0.381 e. The lowest BCUT2D eigenvalue weighted by Crippen LogP contribution is -2.52. The van der Waals surface area contributed by atoms with E-state index in [0.29, 0.717) is 31.9 Å². The van der Waals surface area contributed by atoms with Crippen molar-refractivity contribution in [2.75, 3.05) is 31.6 Å². The van der Waals surface area contributed by atoms with Crippen LogP contribution in [0.1, 0.15) is 53.5 Å². The predicted octanol–water partition coefficient (Wildman–Crippen LogP) is 1.89. The zero-order chi connectivity index (χ0) is 31.8. The molecule has 2 aromatic carbocycles. The van der Waals surface area contributed by atoms with E-state index in [0.717, 1.165) is 0 Å². The fourth-order valence-corrected chi connectivity index (χ4v) is 3.66. The van der Waals surface area contributed by atoms with Gasteiger partial charge in [0.1, 0.15) is 6.04 Å². The van der Waals surface area contributed by atoms with E-state index >= 15 is 0 Å². The quantitative estimate of drug-likeness (QED) is 0.643. The number of rotatable bonds is 6. The molecule has 0 aromatic heterocycles. The number of carbonyl (C=O) groups is 3. The molecule has 172 valence electrons. The van der Waals surface area contributed by atoms with Gasteiger partial charge in [0.2, 0.25) is 11.8 Å². The molecule has 5 rings (SSSR count). The van der Waals surface area contributed by atoms with E-state index in [1.54, 1.807) is 10.2 Å². The molecule has 8 heteroatoms. The van der Waals surface area contributed by atoms with Crippen LogP contribution in [0.15, 0.2) is 42.5 Å². The van der Waals surface area contributed by atoms with Crippen LogP contribution in [0.5, 0.6) is 0 Å². The number of hydrogen-bond donors (Lipinski definition) is 2. The smallest absolute Gasteiger partial charge is 0.255 e. The van der Waals surface area contributed by atoms with Gasteiger partial charge in [0.15, 0.2) is 0 Å². The fourth-order valence-electron chi connectivity index (χ4n) is 3.66. The van der Waals surface area contributed by atoms with Crippen LogP contribution in [-0.4, -0.2) is 59.9 Å². The molecule has 33 heavy (non-hydrogen) atoms. The maximum atomic E-state index is 13.5. The number of anilines is 1. The third kappa shape index (κ3) is 4.62. The van der Waals surface area contributed by atoms with E-state index < -0.39 is 61.6 Å². The monoisotopic (exact) mass is 458 g/mol. The van der Waals surface area contributed by atoms with Gasteiger partial charge in [0.25, 0.3) is 5.91 Å². The average Bonchev–Trinajstić information content (AvgIpc) is 3.14. The summed E-state index contributed by atoms with van der Waals surface area (Å²) in [6.07, 6.45) is -6.59. The van der Waals surface area contributed by atoms with Crippen molar-refractivity contribution < 1.29 is 32.8 Å². The van der Waals surface area contributed by atoms with E-state index in [2.05, 4.69) is 5.32 Å². The minimum atomic E-state index is -3.31. The van der Waals surface area contributed by atoms with Crippen LogP contribution in [0.25, 0.3) is 0 Å². The maximum Gasteiger partial charge on any atom is 0.255 e. The van der Waals surface area contributed by atoms with Gasteiger partial charge in [-0.15, -0.1) is 0 Å². The Hall–Kier alpha value is -3.23. The second-order valence-corrected chi connectivity index (χ2v) is 7.54. The summed E-state index contributed by atoms with van der Waals surface area (Å²) in [5, 5.41) is 4.27. The molecule has 0 saturated carbocycles. The second kappa shape index (κ2) is 9.33. The zero-order valence-corrected chi connectivity index (χ0v) is 17.5. The molecule has 2 aromatic rings. The average molecular weight is 459 g/mol. The number of morpholine rings is 1. The lowest BCUT2D eigenvalue weighted by molar-refractivity contribution is -0.136. The Balaban J connectivity index is 1.46. The Bertz CT molecular complexity index is 1480. The second-order valence-electron chi connectivity index (χ2n) is 7.54. The number of ether oxygens (including phenoxy) is 1. The molecule has 2 saturated heterocycles. The highest BCUT2D eigenvalue weighted by molar-refractivity contribution is 6.06. The van der Waals surface area contributed by atoms with Gasteiger partial charge in [-0.25, -0.2) is 0 Å². The van der Waals surface area contributed by atoms with Crippen LogP contribution in [0.2, 0.25) is 0 Å². The van der Waals surface area contributed by atoms with E-state index in [1.807, 2.05) is 0 Å². The van der Waals surface area contributed by atoms with Crippen molar-refractivity contribution in [3.63, 3.8) is 0 Å². The van der Waals surface area contributed by atoms with E-state index in [1.165, 1.54) is 42.5 Å². The number of piperidine rings is 1. The largest absolute Gasteiger partial charge is 0.381 e. The number of fused-ring (bicyclic) bond motifs is 1. The van der Waals surface area contributed by atoms with Crippen LogP contribution in [-0.2, 0) is 33.8 Å². The molecule has 1 atom stereocenters. The Morgan fingerprint density at radius 2 is 1.85 bits per heavy atom. The third-order valence-electron chi connectivity index (χ3n) is 5.34. The maximum absolute atomic E-state index is 13.5. The van der Waals surface area contributed by atoms with Crippen LogP contribution >= 0.6 is 0 Å². The summed E-state index contributed by atoms with van der Waals surface area (Å²) in [4.78, 5) is 40.1. The first-order valence-corrected chi connectivity index (χ1v) is 10.4. The molecule has 0 radical (unpaired) electrons. The van der Waals surface area contributed by atoms with Crippen LogP contribution in [0.4, 0.5) is 5.69 Å². The summed E-state index contributed by atoms with van der Waals surface area (Å²) in [5.41, 5.74) is -0.536. The van der Waals surface area contributed by atoms with Gasteiger partial charge in [-0.2, -0.15) is 0 Å². The molecule has 0 aliphatic carbocycles. The summed E-state index contributed by atoms with van der Waals surface area (Å²) >= 11 is 0. The van der Waals surface area contributed by atoms with Gasteiger partial charge in [-0.3, -0.25) is 24.6 Å². The summed E-state index contributed by atoms with van der Waals surface area (Å²) in [7, 11) is 0. The zero-order valence-electron chi connectivity index (χ0n) is 27.5. The fraction of sp³-hybridized carbons (Fsp3) is 0.400. The lowest BCUT2D eigenvalue weighted by Gasteiger charge is -2.29. The van der Waals surface area contributed by atoms with Crippen molar-refractivity contribution in [3.8, 4) is 0 Å². The molecule has 3 heterocycles. The van der Waals surface area contributed by atoms with Gasteiger partial charge < -0.3 is 15.0 Å². The highest BCUT2D eigenvalue weighted by atomic mass is 16.5. The van der Waals surface area contributed by atoms with Crippen LogP contribution < -0.4 is 10.6 Å². The number of carbonyl (C=O) groups excluding carboxylic acids is 3. The SMILES string of the molecule is [2H]C([2H])(Nc1cccc2c1C([2H])([2H])N([C@H]1C(=O)NC(=O)C([2H])([2H])C1([2H])[2H])C2=O)c1ccc(C([2H])([2H])N2CCOCC2)cc1. The molecule has 3 aliphatic heterocycles. The Kier molecular flexibility index (Phi) is 3.64. The van der Waals surface area contributed by atoms with E-state index in [-0.39, 0.29) is 21.7 Å². The van der Waals surface area contributed by atoms with Crippen molar-refractivity contribution in [3.05, 3.63) is 64.7 Å². The third-order valence-corrected chi connectivity index (χ3v) is 5.34. The highest BCUT2D eigenvalue weighted by Gasteiger charge is 2.39. The Morgan fingerprint density at radius 3 is 2.64 bits per heavy atom. The van der Waals surface area contributed by atoms with Gasteiger partial charge in [0.05, 0.1) is 18.7 Å². The highest BCUT2D eigenvalue weighted by Crippen LogP contribution is 2.32. The lowest BCUT2D eigenvalue weighted by atomic mass is 10.0. The molecule has 8 nitrogen and oxygen atoms in total. The van der Waals surface area contributed by atoms with Crippen molar-refractivity contribution in [2.24, 2.45) is 0 Å². The molecule has 0 spiro atoms. The topological polar surface area (TPSA) is 91.0 Å². The number of hydrogen-bond acceptors (Lipinski definition) is 6. The first-order valence-electron chi connectivity index (χ1n) is 15.4. The van der Waals surface area contributed by atoms with Gasteiger partial charge in [-0.05, 0) is 29.6 Å². The minimum absolute atomic E-state index is 0.0584. The standard InChI is InChI=1S/C25H28N4O4/c30-23-9-8-22(24(31)27-23)29-16-20-19(25(29)32)2-1-3-21(20)26-14-17-4-6-18(7-5-17)15-28-10-12-33-13-11-28/h1-7,22,26H,8-16H2,(H,27,30,31)/t22-/m1/s1/i8D2,9D2,14D2,15D2,16D2. The van der Waals surface area contributed by atoms with E-state index in [4.69, 9.17) is 18.4 Å². The summed E-state index contributed by atoms with van der Waals surface area (Å²) < 4.78 is 89.7. The van der Waals surface area contributed by atoms with Crippen molar-refractivity contribution in [2.45, 2.75) is 38.3 Å². The molecule has 2 fully saturated rings. The van der Waals surface area contributed by atoms with E-state index in [9.17, 15) is 14.4 Å². The number of nitrogens with one attached hydrogen (secondary N) is 2. The predicted molar refractivity (Wildman–Crippen MR) is 122 cm³/mol. The van der Waals surface area contributed by atoms with Crippen molar-refractivity contribution >= 4 is 23.4 Å². The van der Waals surface area contributed by atoms with Crippen molar-refractivity contribution in [1.29, 1.82) is 0 Å². The van der Waals surface area contributed by atoms with Gasteiger partial charge >= 0.3 is 0 Å². The van der Waals surface area contributed by atoms with Gasteiger partial charge in [-0.1, -0.05) is 30.3 Å². The first-order chi connectivity index (χ1) is 19.8. The van der Waals surface area contributed by atoms with Crippen LogP contribution in [0, 0.1) is 0 Å². The Morgan fingerprint density at radius 1 is 1.09 bits per heavy atom. The summed E-state index contributed by atoms with van der Waals surface area (Å²) in [6.45, 7) is -5.60. The molecule has 3 amide bonds. The molecule has 2 N–H and O–H groups in total. The first kappa shape index (κ1) is 12.9. The normalized spacial score (nSPS) is 31.1. The number of imide groups is 1. The summed E-state index contributed by atoms with van der Waals surface area (Å²) in [6, 6.07) is 7.16. The number of benzene rings is 2. The Labute approximate surface area is 206 Å². The van der Waals surface area contributed by atoms with Crippen LogP contribution in [0.3, 0.4) is 0 Å². The molecular formula is C25H28N4O4. The number of amides is 3. The molecular weight excluding hydrogens is 420 g/mol. The van der Waals surface area contributed by atoms with Gasteiger partial charge in [0, 0.05) is 64.0 Å². The molecule has 3 aliphatic rings. The number of nitrogens with zero attached hydrogens (tertiary/aromatic N) is 2. The molecule has 0 bridgehead atoms.